The summed E-state index contributed by atoms with van der Waals surface area (Å²) in [4.78, 5) is 14.4. The SMILES string of the molecule is CCCNC1CCCN(C(=O)c2ccc(OC)cc2)C1. The number of hydrogen-bond acceptors (Lipinski definition) is 3. The summed E-state index contributed by atoms with van der Waals surface area (Å²) >= 11 is 0. The van der Waals surface area contributed by atoms with Gasteiger partial charge in [-0.15, -0.1) is 0 Å². The summed E-state index contributed by atoms with van der Waals surface area (Å²) in [5.74, 6) is 0.901. The van der Waals surface area contributed by atoms with Crippen LogP contribution in [0.3, 0.4) is 0 Å². The van der Waals surface area contributed by atoms with Crippen LogP contribution in [0.5, 0.6) is 5.75 Å². The third-order valence-corrected chi connectivity index (χ3v) is 3.73. The molecule has 0 aromatic heterocycles. The van der Waals surface area contributed by atoms with Gasteiger partial charge in [0.2, 0.25) is 0 Å². The van der Waals surface area contributed by atoms with Crippen LogP contribution in [0, 0.1) is 0 Å². The van der Waals surface area contributed by atoms with E-state index in [4.69, 9.17) is 4.74 Å². The summed E-state index contributed by atoms with van der Waals surface area (Å²) in [5.41, 5.74) is 0.738. The van der Waals surface area contributed by atoms with Crippen molar-refractivity contribution < 1.29 is 9.53 Å². The first kappa shape index (κ1) is 14.9. The third-order valence-electron chi connectivity index (χ3n) is 3.73. The quantitative estimate of drug-likeness (QED) is 0.897. The van der Waals surface area contributed by atoms with Gasteiger partial charge >= 0.3 is 0 Å². The number of carbonyl (C=O) groups is 1. The molecule has 1 heterocycles. The highest BCUT2D eigenvalue weighted by Gasteiger charge is 2.23. The van der Waals surface area contributed by atoms with Crippen molar-refractivity contribution in [2.24, 2.45) is 0 Å². The maximum Gasteiger partial charge on any atom is 0.253 e. The first-order chi connectivity index (χ1) is 9.74. The highest BCUT2D eigenvalue weighted by Crippen LogP contribution is 2.16. The van der Waals surface area contributed by atoms with Crippen LogP contribution in [0.4, 0.5) is 0 Å². The van der Waals surface area contributed by atoms with Crippen molar-refractivity contribution in [3.05, 3.63) is 29.8 Å². The third kappa shape index (κ3) is 3.73. The summed E-state index contributed by atoms with van der Waals surface area (Å²) in [6, 6.07) is 7.79. The molecule has 0 saturated carbocycles. The Kier molecular flexibility index (Phi) is 5.41. The lowest BCUT2D eigenvalue weighted by Gasteiger charge is -2.33. The number of rotatable bonds is 5. The van der Waals surface area contributed by atoms with Crippen molar-refractivity contribution in [1.29, 1.82) is 0 Å². The van der Waals surface area contributed by atoms with E-state index in [0.717, 1.165) is 50.2 Å². The highest BCUT2D eigenvalue weighted by atomic mass is 16.5. The Hall–Kier alpha value is -1.55. The Morgan fingerprint density at radius 1 is 1.40 bits per heavy atom. The van der Waals surface area contributed by atoms with Crippen molar-refractivity contribution in [3.8, 4) is 5.75 Å². The summed E-state index contributed by atoms with van der Waals surface area (Å²) in [5, 5.41) is 3.51. The van der Waals surface area contributed by atoms with E-state index >= 15 is 0 Å². The van der Waals surface area contributed by atoms with E-state index in [-0.39, 0.29) is 5.91 Å². The molecule has 1 aliphatic rings. The fraction of sp³-hybridized carbons (Fsp3) is 0.562. The fourth-order valence-electron chi connectivity index (χ4n) is 2.59. The molecule has 1 N–H and O–H groups in total. The Labute approximate surface area is 121 Å². The number of piperidine rings is 1. The van der Waals surface area contributed by atoms with Gasteiger partial charge in [0, 0.05) is 24.7 Å². The van der Waals surface area contributed by atoms with Crippen molar-refractivity contribution in [1.82, 2.24) is 10.2 Å². The molecule has 1 fully saturated rings. The summed E-state index contributed by atoms with van der Waals surface area (Å²) < 4.78 is 5.12. The molecule has 1 aromatic rings. The molecule has 0 bridgehead atoms. The molecule has 1 unspecified atom stereocenters. The van der Waals surface area contributed by atoms with Crippen LogP contribution in [0.2, 0.25) is 0 Å². The second kappa shape index (κ2) is 7.29. The lowest BCUT2D eigenvalue weighted by molar-refractivity contribution is 0.0695. The Balaban J connectivity index is 1.96. The average molecular weight is 276 g/mol. The number of nitrogens with one attached hydrogen (secondary N) is 1. The van der Waals surface area contributed by atoms with Gasteiger partial charge in [-0.1, -0.05) is 6.92 Å². The maximum atomic E-state index is 12.5. The zero-order chi connectivity index (χ0) is 14.4. The second-order valence-corrected chi connectivity index (χ2v) is 5.27. The lowest BCUT2D eigenvalue weighted by atomic mass is 10.0. The second-order valence-electron chi connectivity index (χ2n) is 5.27. The van der Waals surface area contributed by atoms with Gasteiger partial charge in [-0.05, 0) is 50.1 Å². The van der Waals surface area contributed by atoms with E-state index in [9.17, 15) is 4.79 Å². The van der Waals surface area contributed by atoms with Crippen molar-refractivity contribution >= 4 is 5.91 Å². The van der Waals surface area contributed by atoms with Gasteiger partial charge in [-0.25, -0.2) is 0 Å². The van der Waals surface area contributed by atoms with Crippen LogP contribution < -0.4 is 10.1 Å². The first-order valence-corrected chi connectivity index (χ1v) is 7.41. The van der Waals surface area contributed by atoms with Crippen LogP contribution in [-0.4, -0.2) is 43.6 Å². The number of nitrogens with zero attached hydrogens (tertiary/aromatic N) is 1. The normalized spacial score (nSPS) is 18.9. The van der Waals surface area contributed by atoms with Gasteiger partial charge in [-0.3, -0.25) is 4.79 Å². The van der Waals surface area contributed by atoms with Crippen LogP contribution in [0.15, 0.2) is 24.3 Å². The maximum absolute atomic E-state index is 12.5. The molecular formula is C16H24N2O2. The molecule has 0 spiro atoms. The van der Waals surface area contributed by atoms with Gasteiger partial charge in [0.1, 0.15) is 5.75 Å². The molecule has 1 aliphatic heterocycles. The fourth-order valence-corrected chi connectivity index (χ4v) is 2.59. The molecule has 20 heavy (non-hydrogen) atoms. The minimum Gasteiger partial charge on any atom is -0.497 e. The Morgan fingerprint density at radius 3 is 2.80 bits per heavy atom. The molecule has 4 nitrogen and oxygen atoms in total. The molecule has 1 amide bonds. The van der Waals surface area contributed by atoms with Crippen molar-refractivity contribution in [2.75, 3.05) is 26.7 Å². The topological polar surface area (TPSA) is 41.6 Å². The number of methoxy groups -OCH3 is 1. The van der Waals surface area contributed by atoms with E-state index < -0.39 is 0 Å². The van der Waals surface area contributed by atoms with E-state index in [2.05, 4.69) is 12.2 Å². The highest BCUT2D eigenvalue weighted by molar-refractivity contribution is 5.94. The molecule has 0 radical (unpaired) electrons. The zero-order valence-electron chi connectivity index (χ0n) is 12.4. The van der Waals surface area contributed by atoms with E-state index in [1.807, 2.05) is 29.2 Å². The molecule has 0 aliphatic carbocycles. The predicted octanol–water partition coefficient (Wildman–Crippen LogP) is 2.30. The average Bonchev–Trinajstić information content (AvgIpc) is 2.52. The minimum atomic E-state index is 0.121. The standard InChI is InChI=1S/C16H24N2O2/c1-3-10-17-14-5-4-11-18(12-14)16(19)13-6-8-15(20-2)9-7-13/h6-9,14,17H,3-5,10-12H2,1-2H3. The molecule has 2 rings (SSSR count). The largest absolute Gasteiger partial charge is 0.497 e. The van der Waals surface area contributed by atoms with Gasteiger partial charge < -0.3 is 15.0 Å². The van der Waals surface area contributed by atoms with Gasteiger partial charge in [0.15, 0.2) is 0 Å². The molecule has 1 saturated heterocycles. The Bertz CT molecular complexity index is 431. The monoisotopic (exact) mass is 276 g/mol. The summed E-state index contributed by atoms with van der Waals surface area (Å²) in [6.07, 6.45) is 3.36. The number of amides is 1. The summed E-state index contributed by atoms with van der Waals surface area (Å²) in [7, 11) is 1.63. The van der Waals surface area contributed by atoms with Crippen LogP contribution >= 0.6 is 0 Å². The summed E-state index contributed by atoms with van der Waals surface area (Å²) in [6.45, 7) is 4.85. The van der Waals surface area contributed by atoms with Crippen molar-refractivity contribution in [3.63, 3.8) is 0 Å². The van der Waals surface area contributed by atoms with Gasteiger partial charge in [-0.2, -0.15) is 0 Å². The predicted molar refractivity (Wildman–Crippen MR) is 80.2 cm³/mol. The van der Waals surface area contributed by atoms with Crippen LogP contribution in [-0.2, 0) is 0 Å². The van der Waals surface area contributed by atoms with Crippen LogP contribution in [0.25, 0.3) is 0 Å². The van der Waals surface area contributed by atoms with Crippen molar-refractivity contribution in [2.45, 2.75) is 32.2 Å². The number of benzene rings is 1. The van der Waals surface area contributed by atoms with Gasteiger partial charge in [0.25, 0.3) is 5.91 Å². The smallest absolute Gasteiger partial charge is 0.253 e. The number of carbonyl (C=O) groups excluding carboxylic acids is 1. The van der Waals surface area contributed by atoms with E-state index in [1.54, 1.807) is 7.11 Å². The van der Waals surface area contributed by atoms with Gasteiger partial charge in [0.05, 0.1) is 7.11 Å². The Morgan fingerprint density at radius 2 is 2.15 bits per heavy atom. The molecular weight excluding hydrogens is 252 g/mol. The van der Waals surface area contributed by atoms with Crippen LogP contribution in [0.1, 0.15) is 36.5 Å². The van der Waals surface area contributed by atoms with E-state index in [0.29, 0.717) is 6.04 Å². The lowest BCUT2D eigenvalue weighted by Crippen LogP contribution is -2.48. The van der Waals surface area contributed by atoms with E-state index in [1.165, 1.54) is 0 Å². The molecule has 1 atom stereocenters. The molecule has 1 aromatic carbocycles. The molecule has 110 valence electrons. The minimum absolute atomic E-state index is 0.121. The number of likely N-dealkylation sites (tertiary alicyclic amines) is 1. The first-order valence-electron chi connectivity index (χ1n) is 7.41. The molecule has 4 heteroatoms. The number of hydrogen-bond donors (Lipinski definition) is 1. The zero-order valence-corrected chi connectivity index (χ0v) is 12.4. The number of ether oxygens (including phenoxy) is 1.